The van der Waals surface area contributed by atoms with Gasteiger partial charge in [0.25, 0.3) is 0 Å². The number of nitrogens with zero attached hydrogens (tertiary/aromatic N) is 4. The van der Waals surface area contributed by atoms with Crippen LogP contribution in [0.4, 0.5) is 0 Å². The van der Waals surface area contributed by atoms with Crippen LogP contribution in [0.1, 0.15) is 42.4 Å². The second kappa shape index (κ2) is 17.8. The molecule has 3 saturated heterocycles. The molecule has 1 saturated carbocycles. The van der Waals surface area contributed by atoms with Crippen LogP contribution >= 0.6 is 11.6 Å². The lowest BCUT2D eigenvalue weighted by Crippen LogP contribution is -2.40. The van der Waals surface area contributed by atoms with Crippen LogP contribution in [0.25, 0.3) is 18.2 Å². The van der Waals surface area contributed by atoms with E-state index in [1.807, 2.05) is 30.9 Å². The van der Waals surface area contributed by atoms with Gasteiger partial charge in [-0.05, 0) is 73.9 Å². The number of hydrogen-bond donors (Lipinski definition) is 3. The fraction of sp³-hybridized carbons (Fsp3) is 0.429. The Hall–Kier alpha value is -3.43. The zero-order valence-electron chi connectivity index (χ0n) is 25.3. The van der Waals surface area contributed by atoms with Crippen LogP contribution in [0, 0.1) is 23.7 Å². The predicted molar refractivity (Wildman–Crippen MR) is 179 cm³/mol. The topological polar surface area (TPSA) is 96.9 Å². The third kappa shape index (κ3) is 11.9. The number of pyridine rings is 2. The molecule has 3 aliphatic heterocycles. The molecular weight excluding hydrogens is 570 g/mol. The normalized spacial score (nSPS) is 19.1. The Balaban J connectivity index is 0.000000136. The van der Waals surface area contributed by atoms with Gasteiger partial charge in [0.15, 0.2) is 0 Å². The highest BCUT2D eigenvalue weighted by atomic mass is 35.5. The van der Waals surface area contributed by atoms with E-state index in [0.29, 0.717) is 22.9 Å². The summed E-state index contributed by atoms with van der Waals surface area (Å²) in [5, 5.41) is 10.4. The van der Waals surface area contributed by atoms with Gasteiger partial charge in [-0.1, -0.05) is 54.1 Å². The second-order valence-corrected chi connectivity index (χ2v) is 12.2. The monoisotopic (exact) mass is 613 g/mol. The number of halogens is 1. The molecule has 7 rings (SSSR count). The second-order valence-electron chi connectivity index (χ2n) is 11.8. The molecule has 0 radical (unpaired) electrons. The zero-order valence-corrected chi connectivity index (χ0v) is 26.1. The van der Waals surface area contributed by atoms with Gasteiger partial charge in [-0.2, -0.15) is 0 Å². The minimum absolute atomic E-state index is 0.544. The molecule has 3 aromatic heterocycles. The van der Waals surface area contributed by atoms with Crippen LogP contribution < -0.4 is 20.7 Å². The number of allylic oxidation sites excluding steroid dienone is 1. The van der Waals surface area contributed by atoms with Gasteiger partial charge in [0.2, 0.25) is 0 Å². The predicted octanol–water partition coefficient (Wildman–Crippen LogP) is 5.56. The molecule has 0 atom stereocenters. The Kier molecular flexibility index (Phi) is 12.9. The molecule has 3 aromatic rings. The van der Waals surface area contributed by atoms with Crippen molar-refractivity contribution in [2.75, 3.05) is 45.9 Å². The third-order valence-corrected chi connectivity index (χ3v) is 8.16. The Morgan fingerprint density at radius 1 is 0.682 bits per heavy atom. The molecule has 8 nitrogen and oxygen atoms in total. The molecule has 4 aliphatic rings. The SMILES string of the molecule is C(=C\C1CCNCC1)/c1cncc(OCC2CC2)c1.C(=C\C1CNC1)/c1cncnc1.Clc1ccc(/C=C/C2CNC2)cn1. The highest BCUT2D eigenvalue weighted by Crippen LogP contribution is 2.29. The van der Waals surface area contributed by atoms with E-state index in [4.69, 9.17) is 16.3 Å². The van der Waals surface area contributed by atoms with Crippen molar-refractivity contribution in [1.82, 2.24) is 35.9 Å². The number of nitrogens with one attached hydrogen (secondary N) is 3. The van der Waals surface area contributed by atoms with Crippen LogP contribution in [0.2, 0.25) is 5.15 Å². The average Bonchev–Trinajstić information content (AvgIpc) is 3.85. The van der Waals surface area contributed by atoms with Gasteiger partial charge in [-0.3, -0.25) is 4.98 Å². The fourth-order valence-electron chi connectivity index (χ4n) is 4.66. The van der Waals surface area contributed by atoms with Gasteiger partial charge in [0, 0.05) is 68.4 Å². The Labute approximate surface area is 266 Å². The van der Waals surface area contributed by atoms with Gasteiger partial charge < -0.3 is 20.7 Å². The quantitative estimate of drug-likeness (QED) is 0.270. The lowest BCUT2D eigenvalue weighted by molar-refractivity contribution is 0.298. The summed E-state index contributed by atoms with van der Waals surface area (Å²) in [5.74, 6) is 3.78. The number of hydrogen-bond acceptors (Lipinski definition) is 8. The summed E-state index contributed by atoms with van der Waals surface area (Å²) in [6, 6.07) is 5.87. The van der Waals surface area contributed by atoms with E-state index in [-0.39, 0.29) is 0 Å². The van der Waals surface area contributed by atoms with Crippen molar-refractivity contribution in [3.8, 4) is 5.75 Å². The molecule has 1 aliphatic carbocycles. The maximum absolute atomic E-state index is 5.76. The van der Waals surface area contributed by atoms with Crippen LogP contribution in [-0.4, -0.2) is 65.8 Å². The minimum Gasteiger partial charge on any atom is -0.492 e. The Bertz CT molecular complexity index is 1330. The first-order valence-corrected chi connectivity index (χ1v) is 16.2. The van der Waals surface area contributed by atoms with Crippen LogP contribution in [0.5, 0.6) is 5.75 Å². The number of rotatable bonds is 9. The summed E-state index contributed by atoms with van der Waals surface area (Å²) < 4.78 is 5.76. The first-order chi connectivity index (χ1) is 21.7. The van der Waals surface area contributed by atoms with Crippen LogP contribution in [0.15, 0.2) is 73.7 Å². The molecule has 0 spiro atoms. The highest BCUT2D eigenvalue weighted by molar-refractivity contribution is 6.29. The molecule has 0 unspecified atom stereocenters. The molecule has 0 bridgehead atoms. The summed E-state index contributed by atoms with van der Waals surface area (Å²) in [7, 11) is 0. The minimum atomic E-state index is 0.544. The Morgan fingerprint density at radius 2 is 1.32 bits per heavy atom. The maximum atomic E-state index is 5.76. The molecule has 0 amide bonds. The third-order valence-electron chi connectivity index (χ3n) is 7.94. The molecule has 9 heteroatoms. The van der Waals surface area contributed by atoms with Crippen molar-refractivity contribution in [3.63, 3.8) is 0 Å². The van der Waals surface area contributed by atoms with Crippen molar-refractivity contribution in [2.24, 2.45) is 23.7 Å². The molecule has 0 aromatic carbocycles. The molecular formula is C35H44ClN7O. The van der Waals surface area contributed by atoms with E-state index in [0.717, 1.165) is 74.2 Å². The standard InChI is InChI=1S/C16H22N2O.C10H11ClN2.C9H11N3/c1(13-5-7-17-8-6-13)4-15-9-16(11-18-10-15)19-12-14-2-3-14;11-10-4-3-8(7-13-10)1-2-9-5-12-6-9;1(8-3-10-4-8)2-9-5-11-7-12-6-9/h1,4,9-11,13-14,17H,2-3,5-8,12H2;1-4,7,9,12H,5-6H2;1-2,5-8,10H,3-4H2/b4-1+;2*2-1+. The van der Waals surface area contributed by atoms with Crippen LogP contribution in [0.3, 0.4) is 0 Å². The summed E-state index contributed by atoms with van der Waals surface area (Å²) in [6.07, 6.45) is 28.9. The maximum Gasteiger partial charge on any atom is 0.138 e. The van der Waals surface area contributed by atoms with Gasteiger partial charge in [-0.15, -0.1) is 0 Å². The van der Waals surface area contributed by atoms with Crippen molar-refractivity contribution >= 4 is 29.8 Å². The van der Waals surface area contributed by atoms with Gasteiger partial charge in [-0.25, -0.2) is 15.0 Å². The van der Waals surface area contributed by atoms with Gasteiger partial charge >= 0.3 is 0 Å². The molecule has 44 heavy (non-hydrogen) atoms. The number of piperidine rings is 1. The lowest BCUT2D eigenvalue weighted by Gasteiger charge is -2.23. The molecule has 232 valence electrons. The fourth-order valence-corrected chi connectivity index (χ4v) is 4.77. The summed E-state index contributed by atoms with van der Waals surface area (Å²) in [6.45, 7) is 7.52. The van der Waals surface area contributed by atoms with E-state index in [9.17, 15) is 0 Å². The van der Waals surface area contributed by atoms with E-state index < -0.39 is 0 Å². The molecule has 6 heterocycles. The molecule has 3 N–H and O–H groups in total. The van der Waals surface area contributed by atoms with Crippen LogP contribution in [-0.2, 0) is 0 Å². The zero-order chi connectivity index (χ0) is 30.2. The molecule has 4 fully saturated rings. The largest absolute Gasteiger partial charge is 0.492 e. The number of ether oxygens (including phenoxy) is 1. The summed E-state index contributed by atoms with van der Waals surface area (Å²) >= 11 is 5.67. The van der Waals surface area contributed by atoms with Crippen molar-refractivity contribution in [2.45, 2.75) is 25.7 Å². The van der Waals surface area contributed by atoms with E-state index in [1.165, 1.54) is 25.7 Å². The van der Waals surface area contributed by atoms with Crippen molar-refractivity contribution in [1.29, 1.82) is 0 Å². The summed E-state index contributed by atoms with van der Waals surface area (Å²) in [5.41, 5.74) is 3.33. The lowest BCUT2D eigenvalue weighted by atomic mass is 9.97. The smallest absolute Gasteiger partial charge is 0.138 e. The first-order valence-electron chi connectivity index (χ1n) is 15.8. The van der Waals surface area contributed by atoms with Crippen molar-refractivity contribution in [3.05, 3.63) is 95.6 Å². The van der Waals surface area contributed by atoms with Gasteiger partial charge in [0.1, 0.15) is 17.2 Å². The number of aromatic nitrogens is 4. The van der Waals surface area contributed by atoms with E-state index in [1.54, 1.807) is 18.6 Å². The summed E-state index contributed by atoms with van der Waals surface area (Å²) in [4.78, 5) is 16.1. The van der Waals surface area contributed by atoms with Crippen molar-refractivity contribution < 1.29 is 4.74 Å². The van der Waals surface area contributed by atoms with Gasteiger partial charge in [0.05, 0.1) is 12.8 Å². The Morgan fingerprint density at radius 3 is 1.93 bits per heavy atom. The highest BCUT2D eigenvalue weighted by Gasteiger charge is 2.22. The first kappa shape index (κ1) is 32.0. The van der Waals surface area contributed by atoms with E-state index >= 15 is 0 Å². The van der Waals surface area contributed by atoms with E-state index in [2.05, 4.69) is 78.4 Å². The average molecular weight is 614 g/mol.